The van der Waals surface area contributed by atoms with Gasteiger partial charge in [-0.3, -0.25) is 9.79 Å². The summed E-state index contributed by atoms with van der Waals surface area (Å²) < 4.78 is 5.05. The van der Waals surface area contributed by atoms with Crippen LogP contribution in [-0.4, -0.2) is 30.9 Å². The van der Waals surface area contributed by atoms with Gasteiger partial charge in [-0.15, -0.1) is 0 Å². The van der Waals surface area contributed by atoms with E-state index >= 15 is 0 Å². The average Bonchev–Trinajstić information content (AvgIpc) is 2.54. The van der Waals surface area contributed by atoms with Crippen LogP contribution in [0.5, 0.6) is 11.5 Å². The van der Waals surface area contributed by atoms with Gasteiger partial charge in [0.15, 0.2) is 11.5 Å². The second-order valence-corrected chi connectivity index (χ2v) is 4.57. The maximum absolute atomic E-state index is 11.8. The third kappa shape index (κ3) is 3.63. The van der Waals surface area contributed by atoms with Gasteiger partial charge in [0.2, 0.25) is 0 Å². The van der Waals surface area contributed by atoms with Gasteiger partial charge in [0.1, 0.15) is 0 Å². The lowest BCUT2D eigenvalue weighted by atomic mass is 10.2. The molecular formula is C17H18N2O3. The fourth-order valence-electron chi connectivity index (χ4n) is 1.94. The molecule has 0 aromatic heterocycles. The molecule has 1 amide bonds. The molecule has 0 spiro atoms. The van der Waals surface area contributed by atoms with Crippen LogP contribution in [0.1, 0.15) is 22.8 Å². The number of aliphatic imine (C=N–C) groups is 1. The lowest BCUT2D eigenvalue weighted by Gasteiger charge is -2.05. The Morgan fingerprint density at radius 3 is 2.82 bits per heavy atom. The van der Waals surface area contributed by atoms with Crippen molar-refractivity contribution in [3.05, 3.63) is 53.6 Å². The summed E-state index contributed by atoms with van der Waals surface area (Å²) in [6.07, 6.45) is 1.54. The molecule has 0 aliphatic heterocycles. The quantitative estimate of drug-likeness (QED) is 0.834. The molecule has 22 heavy (non-hydrogen) atoms. The Bertz CT molecular complexity index is 696. The standard InChI is InChI=1S/C17H18N2O3/c1-3-18-17(21)12-6-4-8-14(10-12)19-11-13-7-5-9-15(22-2)16(13)20/h4-11,20H,3H2,1-2H3,(H,18,21). The van der Waals surface area contributed by atoms with E-state index in [1.54, 1.807) is 42.5 Å². The van der Waals surface area contributed by atoms with Gasteiger partial charge in [0, 0.05) is 23.9 Å². The molecule has 2 rings (SSSR count). The van der Waals surface area contributed by atoms with E-state index < -0.39 is 0 Å². The van der Waals surface area contributed by atoms with Crippen molar-refractivity contribution in [3.63, 3.8) is 0 Å². The van der Waals surface area contributed by atoms with Crippen molar-refractivity contribution in [2.45, 2.75) is 6.92 Å². The number of carbonyl (C=O) groups excluding carboxylic acids is 1. The lowest BCUT2D eigenvalue weighted by molar-refractivity contribution is 0.0956. The fourth-order valence-corrected chi connectivity index (χ4v) is 1.94. The van der Waals surface area contributed by atoms with Crippen molar-refractivity contribution in [1.29, 1.82) is 0 Å². The SMILES string of the molecule is CCNC(=O)c1cccc(N=Cc2cccc(OC)c2O)c1. The Morgan fingerprint density at radius 2 is 2.09 bits per heavy atom. The minimum Gasteiger partial charge on any atom is -0.504 e. The molecule has 0 fully saturated rings. The minimum absolute atomic E-state index is 0.0358. The number of carbonyl (C=O) groups is 1. The normalized spacial score (nSPS) is 10.6. The molecule has 0 radical (unpaired) electrons. The van der Waals surface area contributed by atoms with Crippen LogP contribution >= 0.6 is 0 Å². The molecule has 0 bridgehead atoms. The number of aromatic hydroxyl groups is 1. The molecule has 2 N–H and O–H groups in total. The molecule has 0 aliphatic rings. The number of amides is 1. The highest BCUT2D eigenvalue weighted by Gasteiger charge is 2.06. The summed E-state index contributed by atoms with van der Waals surface area (Å²) in [6, 6.07) is 12.1. The van der Waals surface area contributed by atoms with Gasteiger partial charge in [-0.2, -0.15) is 0 Å². The minimum atomic E-state index is -0.135. The molecular weight excluding hydrogens is 280 g/mol. The Kier molecular flexibility index (Phi) is 5.14. The van der Waals surface area contributed by atoms with E-state index in [4.69, 9.17) is 4.74 Å². The van der Waals surface area contributed by atoms with Crippen LogP contribution in [0.15, 0.2) is 47.5 Å². The number of para-hydroxylation sites is 1. The first kappa shape index (κ1) is 15.6. The number of hydrogen-bond donors (Lipinski definition) is 2. The number of phenols is 1. The maximum Gasteiger partial charge on any atom is 0.251 e. The summed E-state index contributed by atoms with van der Waals surface area (Å²) in [5.74, 6) is 0.289. The van der Waals surface area contributed by atoms with Crippen molar-refractivity contribution in [3.8, 4) is 11.5 Å². The van der Waals surface area contributed by atoms with Crippen LogP contribution in [0.3, 0.4) is 0 Å². The third-order valence-corrected chi connectivity index (χ3v) is 3.05. The lowest BCUT2D eigenvalue weighted by Crippen LogP contribution is -2.22. The van der Waals surface area contributed by atoms with Crippen molar-refractivity contribution in [1.82, 2.24) is 5.32 Å². The smallest absolute Gasteiger partial charge is 0.251 e. The van der Waals surface area contributed by atoms with Crippen molar-refractivity contribution in [2.75, 3.05) is 13.7 Å². The Balaban J connectivity index is 2.24. The van der Waals surface area contributed by atoms with Crippen LogP contribution in [0.4, 0.5) is 5.69 Å². The van der Waals surface area contributed by atoms with Crippen LogP contribution in [0, 0.1) is 0 Å². The molecule has 0 saturated carbocycles. The van der Waals surface area contributed by atoms with Gasteiger partial charge in [0.05, 0.1) is 12.8 Å². The fraction of sp³-hybridized carbons (Fsp3) is 0.176. The predicted octanol–water partition coefficient (Wildman–Crippen LogP) is 2.90. The van der Waals surface area contributed by atoms with E-state index in [2.05, 4.69) is 10.3 Å². The number of rotatable bonds is 5. The van der Waals surface area contributed by atoms with Crippen LogP contribution in [-0.2, 0) is 0 Å². The highest BCUT2D eigenvalue weighted by molar-refractivity contribution is 5.95. The van der Waals surface area contributed by atoms with E-state index in [0.717, 1.165) is 0 Å². The Hall–Kier alpha value is -2.82. The zero-order valence-electron chi connectivity index (χ0n) is 12.5. The third-order valence-electron chi connectivity index (χ3n) is 3.05. The number of phenolic OH excluding ortho intramolecular Hbond substituents is 1. The number of hydrogen-bond acceptors (Lipinski definition) is 4. The second-order valence-electron chi connectivity index (χ2n) is 4.57. The topological polar surface area (TPSA) is 70.9 Å². The van der Waals surface area contributed by atoms with E-state index in [9.17, 15) is 9.90 Å². The molecule has 0 heterocycles. The maximum atomic E-state index is 11.8. The summed E-state index contributed by atoms with van der Waals surface area (Å²) >= 11 is 0. The number of benzene rings is 2. The number of nitrogens with zero attached hydrogens (tertiary/aromatic N) is 1. The highest BCUT2D eigenvalue weighted by Crippen LogP contribution is 2.28. The van der Waals surface area contributed by atoms with Gasteiger partial charge in [-0.1, -0.05) is 12.1 Å². The molecule has 2 aromatic carbocycles. The van der Waals surface area contributed by atoms with Gasteiger partial charge in [0.25, 0.3) is 5.91 Å². The molecule has 114 valence electrons. The van der Waals surface area contributed by atoms with E-state index in [0.29, 0.717) is 29.1 Å². The summed E-state index contributed by atoms with van der Waals surface area (Å²) in [7, 11) is 1.49. The highest BCUT2D eigenvalue weighted by atomic mass is 16.5. The van der Waals surface area contributed by atoms with Gasteiger partial charge in [-0.05, 0) is 37.3 Å². The van der Waals surface area contributed by atoms with Crippen molar-refractivity contribution in [2.24, 2.45) is 4.99 Å². The Morgan fingerprint density at radius 1 is 1.32 bits per heavy atom. The van der Waals surface area contributed by atoms with Crippen LogP contribution < -0.4 is 10.1 Å². The molecule has 0 saturated heterocycles. The number of ether oxygens (including phenoxy) is 1. The molecule has 5 nitrogen and oxygen atoms in total. The first-order valence-corrected chi connectivity index (χ1v) is 6.94. The first-order valence-electron chi connectivity index (χ1n) is 6.94. The van der Waals surface area contributed by atoms with Gasteiger partial charge < -0.3 is 15.2 Å². The van der Waals surface area contributed by atoms with E-state index in [-0.39, 0.29) is 11.7 Å². The molecule has 0 unspecified atom stereocenters. The molecule has 0 atom stereocenters. The predicted molar refractivity (Wildman–Crippen MR) is 86.4 cm³/mol. The average molecular weight is 298 g/mol. The monoisotopic (exact) mass is 298 g/mol. The van der Waals surface area contributed by atoms with Crippen LogP contribution in [0.25, 0.3) is 0 Å². The second kappa shape index (κ2) is 7.26. The zero-order valence-corrected chi connectivity index (χ0v) is 12.5. The van der Waals surface area contributed by atoms with E-state index in [1.807, 2.05) is 6.92 Å². The molecule has 5 heteroatoms. The summed E-state index contributed by atoms with van der Waals surface area (Å²) in [5.41, 5.74) is 1.72. The number of methoxy groups -OCH3 is 1. The Labute approximate surface area is 129 Å². The summed E-state index contributed by atoms with van der Waals surface area (Å²) in [4.78, 5) is 16.1. The van der Waals surface area contributed by atoms with Crippen molar-refractivity contribution >= 4 is 17.8 Å². The summed E-state index contributed by atoms with van der Waals surface area (Å²) in [5, 5.41) is 12.7. The zero-order chi connectivity index (χ0) is 15.9. The first-order chi connectivity index (χ1) is 10.7. The van der Waals surface area contributed by atoms with Gasteiger partial charge in [-0.25, -0.2) is 0 Å². The van der Waals surface area contributed by atoms with Crippen molar-refractivity contribution < 1.29 is 14.6 Å². The van der Waals surface area contributed by atoms with E-state index in [1.165, 1.54) is 13.3 Å². The van der Waals surface area contributed by atoms with Gasteiger partial charge >= 0.3 is 0 Å². The largest absolute Gasteiger partial charge is 0.504 e. The number of nitrogens with one attached hydrogen (secondary N) is 1. The molecule has 2 aromatic rings. The molecule has 0 aliphatic carbocycles. The summed E-state index contributed by atoms with van der Waals surface area (Å²) in [6.45, 7) is 2.44. The van der Waals surface area contributed by atoms with Crippen LogP contribution in [0.2, 0.25) is 0 Å².